The second-order valence-electron chi connectivity index (χ2n) is 6.75. The molecule has 3 rings (SSSR count). The highest BCUT2D eigenvalue weighted by molar-refractivity contribution is 8.02. The van der Waals surface area contributed by atoms with E-state index >= 15 is 0 Å². The molecule has 25 heavy (non-hydrogen) atoms. The summed E-state index contributed by atoms with van der Waals surface area (Å²) in [4.78, 5) is 17.8. The monoisotopic (exact) mass is 353 g/mol. The first kappa shape index (κ1) is 17.8. The number of aliphatic imine (C=N–C) groups is 1. The number of hydrogen-bond donors (Lipinski definition) is 1. The maximum atomic E-state index is 13.2. The van der Waals surface area contributed by atoms with Crippen LogP contribution in [0.15, 0.2) is 45.9 Å². The zero-order chi connectivity index (χ0) is 17.9. The van der Waals surface area contributed by atoms with Crippen LogP contribution in [0.5, 0.6) is 0 Å². The van der Waals surface area contributed by atoms with E-state index in [1.54, 1.807) is 0 Å². The molecule has 2 aliphatic rings. The van der Waals surface area contributed by atoms with Gasteiger partial charge in [0.05, 0.1) is 17.6 Å². The number of nitrogens with one attached hydrogen (secondary N) is 1. The van der Waals surface area contributed by atoms with Gasteiger partial charge in [-0.05, 0) is 38.2 Å². The van der Waals surface area contributed by atoms with Crippen LogP contribution in [0.4, 0.5) is 5.69 Å². The first-order chi connectivity index (χ1) is 12.1. The van der Waals surface area contributed by atoms with E-state index in [0.29, 0.717) is 5.57 Å². The van der Waals surface area contributed by atoms with Crippen molar-refractivity contribution in [2.45, 2.75) is 39.0 Å². The quantitative estimate of drug-likeness (QED) is 0.851. The summed E-state index contributed by atoms with van der Waals surface area (Å²) in [5.74, 6) is -0.430. The van der Waals surface area contributed by atoms with E-state index in [2.05, 4.69) is 16.4 Å². The minimum atomic E-state index is -0.407. The van der Waals surface area contributed by atoms with Gasteiger partial charge in [-0.15, -0.1) is 11.8 Å². The molecule has 1 fully saturated rings. The molecule has 1 N–H and O–H groups in total. The SMILES string of the molecule is CSC1=C(C#N)C2(CCCCC2)C(C(=O)Nc2ccccc2)C(C)=N1. The Balaban J connectivity index is 2.02. The summed E-state index contributed by atoms with van der Waals surface area (Å²) in [6.45, 7) is 1.93. The number of rotatable bonds is 3. The van der Waals surface area contributed by atoms with Crippen molar-refractivity contribution >= 4 is 29.1 Å². The Morgan fingerprint density at radius 1 is 1.28 bits per heavy atom. The van der Waals surface area contributed by atoms with Gasteiger partial charge in [-0.3, -0.25) is 4.79 Å². The number of allylic oxidation sites excluding steroid dienone is 1. The molecular formula is C20H23N3OS. The first-order valence-electron chi connectivity index (χ1n) is 8.72. The van der Waals surface area contributed by atoms with Crippen LogP contribution in [0.3, 0.4) is 0 Å². The standard InChI is InChI=1S/C20H23N3OS/c1-14-17(18(24)23-15-9-5-3-6-10-15)20(11-7-4-8-12-20)16(13-21)19(22-14)25-2/h3,5-6,9-10,17H,4,7-8,11-12H2,1-2H3,(H,23,24). The highest BCUT2D eigenvalue weighted by Gasteiger charge is 2.51. The van der Waals surface area contributed by atoms with Gasteiger partial charge >= 0.3 is 0 Å². The van der Waals surface area contributed by atoms with Gasteiger partial charge in [0, 0.05) is 16.8 Å². The van der Waals surface area contributed by atoms with Crippen LogP contribution in [0.1, 0.15) is 39.0 Å². The Hall–Kier alpha value is -2.06. The number of thioether (sulfide) groups is 1. The van der Waals surface area contributed by atoms with Crippen molar-refractivity contribution in [1.82, 2.24) is 0 Å². The van der Waals surface area contributed by atoms with Gasteiger partial charge in [0.15, 0.2) is 0 Å². The first-order valence-corrected chi connectivity index (χ1v) is 9.95. The Kier molecular flexibility index (Phi) is 5.29. The highest BCUT2D eigenvalue weighted by atomic mass is 32.2. The van der Waals surface area contributed by atoms with Gasteiger partial charge in [0.2, 0.25) is 5.91 Å². The van der Waals surface area contributed by atoms with Gasteiger partial charge in [0.1, 0.15) is 5.03 Å². The van der Waals surface area contributed by atoms with Crippen molar-refractivity contribution < 1.29 is 4.79 Å². The summed E-state index contributed by atoms with van der Waals surface area (Å²) in [7, 11) is 0. The van der Waals surface area contributed by atoms with E-state index in [4.69, 9.17) is 0 Å². The molecule has 5 heteroatoms. The molecule has 1 unspecified atom stereocenters. The van der Waals surface area contributed by atoms with Gasteiger partial charge in [0.25, 0.3) is 0 Å². The third-order valence-electron chi connectivity index (χ3n) is 5.31. The fourth-order valence-electron chi connectivity index (χ4n) is 4.24. The van der Waals surface area contributed by atoms with E-state index in [0.717, 1.165) is 48.5 Å². The minimum Gasteiger partial charge on any atom is -0.325 e. The van der Waals surface area contributed by atoms with Crippen LogP contribution >= 0.6 is 11.8 Å². The second-order valence-corrected chi connectivity index (χ2v) is 7.55. The minimum absolute atomic E-state index is 0.0535. The number of carbonyl (C=O) groups excluding carboxylic acids is 1. The Morgan fingerprint density at radius 3 is 2.56 bits per heavy atom. The van der Waals surface area contributed by atoms with E-state index in [-0.39, 0.29) is 11.8 Å². The lowest BCUT2D eigenvalue weighted by atomic mass is 9.59. The van der Waals surface area contributed by atoms with E-state index in [1.165, 1.54) is 11.8 Å². The molecule has 1 heterocycles. The highest BCUT2D eigenvalue weighted by Crippen LogP contribution is 2.53. The van der Waals surface area contributed by atoms with Crippen LogP contribution < -0.4 is 5.32 Å². The normalized spacial score (nSPS) is 22.3. The number of benzene rings is 1. The molecule has 0 bridgehead atoms. The molecule has 4 nitrogen and oxygen atoms in total. The third-order valence-corrected chi connectivity index (χ3v) is 6.00. The average Bonchev–Trinajstić information content (AvgIpc) is 2.62. The summed E-state index contributed by atoms with van der Waals surface area (Å²) in [6, 6.07) is 11.9. The van der Waals surface area contributed by atoms with Crippen LogP contribution in [0, 0.1) is 22.7 Å². The van der Waals surface area contributed by atoms with Crippen molar-refractivity contribution in [1.29, 1.82) is 5.26 Å². The molecule has 1 aromatic carbocycles. The summed E-state index contributed by atoms with van der Waals surface area (Å²) < 4.78 is 0. The van der Waals surface area contributed by atoms with Crippen molar-refractivity contribution in [3.05, 3.63) is 40.9 Å². The summed E-state index contributed by atoms with van der Waals surface area (Å²) >= 11 is 1.51. The Morgan fingerprint density at radius 2 is 1.96 bits per heavy atom. The van der Waals surface area contributed by atoms with Gasteiger partial charge in [-0.1, -0.05) is 37.5 Å². The van der Waals surface area contributed by atoms with Crippen LogP contribution in [0.25, 0.3) is 0 Å². The van der Waals surface area contributed by atoms with Gasteiger partial charge in [-0.2, -0.15) is 5.26 Å². The molecule has 1 atom stereocenters. The van der Waals surface area contributed by atoms with Crippen molar-refractivity contribution in [3.8, 4) is 6.07 Å². The fourth-order valence-corrected chi connectivity index (χ4v) is 4.93. The number of hydrogen-bond acceptors (Lipinski definition) is 4. The third kappa shape index (κ3) is 3.23. The molecular weight excluding hydrogens is 330 g/mol. The number of carbonyl (C=O) groups is 1. The predicted molar refractivity (Wildman–Crippen MR) is 103 cm³/mol. The molecule has 1 aliphatic carbocycles. The molecule has 1 aliphatic heterocycles. The van der Waals surface area contributed by atoms with E-state index in [9.17, 15) is 10.1 Å². The summed E-state index contributed by atoms with van der Waals surface area (Å²) in [5.41, 5.74) is 1.90. The fraction of sp³-hybridized carbons (Fsp3) is 0.450. The zero-order valence-electron chi connectivity index (χ0n) is 14.7. The second kappa shape index (κ2) is 7.45. The largest absolute Gasteiger partial charge is 0.325 e. The molecule has 1 saturated carbocycles. The molecule has 0 saturated heterocycles. The molecule has 0 radical (unpaired) electrons. The van der Waals surface area contributed by atoms with Crippen molar-refractivity contribution in [2.75, 3.05) is 11.6 Å². The molecule has 1 spiro atoms. The average molecular weight is 353 g/mol. The van der Waals surface area contributed by atoms with Gasteiger partial charge in [-0.25, -0.2) is 4.99 Å². The maximum Gasteiger partial charge on any atom is 0.234 e. The van der Waals surface area contributed by atoms with E-state index < -0.39 is 5.41 Å². The van der Waals surface area contributed by atoms with Crippen molar-refractivity contribution in [3.63, 3.8) is 0 Å². The number of amides is 1. The van der Waals surface area contributed by atoms with Crippen LogP contribution in [0.2, 0.25) is 0 Å². The van der Waals surface area contributed by atoms with E-state index in [1.807, 2.05) is 43.5 Å². The molecule has 1 aromatic rings. The number of nitrogens with zero attached hydrogens (tertiary/aromatic N) is 2. The molecule has 0 aromatic heterocycles. The predicted octanol–water partition coefficient (Wildman–Crippen LogP) is 4.76. The lowest BCUT2D eigenvalue weighted by Gasteiger charge is -2.45. The topological polar surface area (TPSA) is 65.2 Å². The lowest BCUT2D eigenvalue weighted by molar-refractivity contribution is -0.121. The Labute approximate surface area is 153 Å². The number of anilines is 1. The maximum absolute atomic E-state index is 13.2. The van der Waals surface area contributed by atoms with Crippen LogP contribution in [-0.4, -0.2) is 17.9 Å². The Bertz CT molecular complexity index is 755. The lowest BCUT2D eigenvalue weighted by Crippen LogP contribution is -2.47. The number of nitriles is 1. The van der Waals surface area contributed by atoms with Crippen LogP contribution in [-0.2, 0) is 4.79 Å². The van der Waals surface area contributed by atoms with Gasteiger partial charge < -0.3 is 5.32 Å². The molecule has 130 valence electrons. The number of para-hydroxylation sites is 1. The smallest absolute Gasteiger partial charge is 0.234 e. The zero-order valence-corrected chi connectivity index (χ0v) is 15.5. The summed E-state index contributed by atoms with van der Waals surface area (Å²) in [6.07, 6.45) is 6.96. The summed E-state index contributed by atoms with van der Waals surface area (Å²) in [5, 5.41) is 13.7. The molecule has 1 amide bonds. The van der Waals surface area contributed by atoms with Crippen molar-refractivity contribution in [2.24, 2.45) is 16.3 Å².